The van der Waals surface area contributed by atoms with Crippen LogP contribution in [0.1, 0.15) is 36.5 Å². The van der Waals surface area contributed by atoms with Crippen molar-refractivity contribution in [2.75, 3.05) is 0 Å². The molecule has 0 aromatic heterocycles. The van der Waals surface area contributed by atoms with Crippen LogP contribution < -0.4 is 0 Å². The molecule has 0 spiro atoms. The van der Waals surface area contributed by atoms with E-state index in [4.69, 9.17) is 5.26 Å². The maximum absolute atomic E-state index is 13.5. The first-order chi connectivity index (χ1) is 6.07. The number of rotatable bonds is 1. The van der Waals surface area contributed by atoms with E-state index in [0.29, 0.717) is 16.7 Å². The summed E-state index contributed by atoms with van der Waals surface area (Å²) in [5.74, 6) is -0.191. The van der Waals surface area contributed by atoms with Crippen LogP contribution in [0.4, 0.5) is 4.39 Å². The Labute approximate surface area is 77.8 Å². The lowest BCUT2D eigenvalue weighted by molar-refractivity contribution is 0.588. The van der Waals surface area contributed by atoms with Crippen LogP contribution in [0, 0.1) is 24.1 Å². The summed E-state index contributed by atoms with van der Waals surface area (Å²) >= 11 is 0. The van der Waals surface area contributed by atoms with Gasteiger partial charge >= 0.3 is 0 Å². The van der Waals surface area contributed by atoms with E-state index in [-0.39, 0.29) is 11.7 Å². The molecule has 68 valence electrons. The lowest BCUT2D eigenvalue weighted by Gasteiger charge is -2.10. The largest absolute Gasteiger partial charge is 0.206 e. The Morgan fingerprint density at radius 3 is 2.46 bits per heavy atom. The van der Waals surface area contributed by atoms with E-state index in [1.807, 2.05) is 19.9 Å². The highest BCUT2D eigenvalue weighted by molar-refractivity contribution is 5.42. The summed E-state index contributed by atoms with van der Waals surface area (Å²) in [6.07, 6.45) is 0. The number of hydrogen-bond acceptors (Lipinski definition) is 1. The summed E-state index contributed by atoms with van der Waals surface area (Å²) < 4.78 is 13.5. The molecule has 0 bridgehead atoms. The molecule has 0 aliphatic heterocycles. The van der Waals surface area contributed by atoms with Gasteiger partial charge in [-0.25, -0.2) is 4.39 Å². The number of hydrogen-bond donors (Lipinski definition) is 0. The molecule has 0 heterocycles. The van der Waals surface area contributed by atoms with Gasteiger partial charge in [0, 0.05) is 5.56 Å². The molecule has 0 radical (unpaired) electrons. The minimum absolute atomic E-state index is 0.0505. The van der Waals surface area contributed by atoms with Crippen molar-refractivity contribution in [1.82, 2.24) is 0 Å². The first-order valence-corrected chi connectivity index (χ1v) is 4.27. The van der Waals surface area contributed by atoms with Gasteiger partial charge < -0.3 is 0 Å². The number of halogens is 1. The number of benzene rings is 1. The number of nitriles is 1. The first-order valence-electron chi connectivity index (χ1n) is 4.27. The van der Waals surface area contributed by atoms with Crippen LogP contribution in [0.2, 0.25) is 0 Å². The zero-order chi connectivity index (χ0) is 10.0. The van der Waals surface area contributed by atoms with Gasteiger partial charge in [-0.2, -0.15) is 5.26 Å². The maximum Gasteiger partial charge on any atom is 0.130 e. The van der Waals surface area contributed by atoms with Crippen molar-refractivity contribution in [3.8, 4) is 6.07 Å². The molecule has 1 rings (SSSR count). The van der Waals surface area contributed by atoms with Gasteiger partial charge in [0.25, 0.3) is 0 Å². The molecular weight excluding hydrogens is 165 g/mol. The lowest BCUT2D eigenvalue weighted by Crippen LogP contribution is -1.99. The van der Waals surface area contributed by atoms with E-state index in [0.717, 1.165) is 0 Å². The van der Waals surface area contributed by atoms with Gasteiger partial charge in [-0.1, -0.05) is 19.9 Å². The summed E-state index contributed by atoms with van der Waals surface area (Å²) in [4.78, 5) is 0. The molecule has 0 saturated carbocycles. The minimum atomic E-state index is -0.242. The fourth-order valence-electron chi connectivity index (χ4n) is 1.36. The highest BCUT2D eigenvalue weighted by Gasteiger charge is 2.13. The quantitative estimate of drug-likeness (QED) is 0.646. The zero-order valence-electron chi connectivity index (χ0n) is 8.06. The summed E-state index contributed by atoms with van der Waals surface area (Å²) in [6, 6.07) is 5.32. The van der Waals surface area contributed by atoms with Gasteiger partial charge in [0.05, 0.1) is 11.6 Å². The molecule has 0 saturated heterocycles. The minimum Gasteiger partial charge on any atom is -0.206 e. The fraction of sp³-hybridized carbons (Fsp3) is 0.364. The summed E-state index contributed by atoms with van der Waals surface area (Å²) in [5, 5.41) is 8.77. The Hall–Kier alpha value is -1.36. The van der Waals surface area contributed by atoms with E-state index in [9.17, 15) is 4.39 Å². The van der Waals surface area contributed by atoms with Crippen LogP contribution >= 0.6 is 0 Å². The van der Waals surface area contributed by atoms with Crippen molar-refractivity contribution in [2.24, 2.45) is 0 Å². The van der Waals surface area contributed by atoms with E-state index >= 15 is 0 Å². The average Bonchev–Trinajstić information content (AvgIpc) is 2.08. The van der Waals surface area contributed by atoms with Crippen molar-refractivity contribution in [2.45, 2.75) is 26.7 Å². The molecule has 0 aliphatic carbocycles. The third-order valence-electron chi connectivity index (χ3n) is 2.07. The predicted octanol–water partition coefficient (Wildman–Crippen LogP) is 3.13. The van der Waals surface area contributed by atoms with Gasteiger partial charge in [-0.15, -0.1) is 0 Å². The Balaban J connectivity index is 3.43. The monoisotopic (exact) mass is 177 g/mol. The maximum atomic E-state index is 13.5. The normalized spacial score (nSPS) is 10.2. The van der Waals surface area contributed by atoms with Crippen LogP contribution in [0.15, 0.2) is 12.1 Å². The molecule has 0 unspecified atom stereocenters. The molecule has 1 aromatic rings. The lowest BCUT2D eigenvalue weighted by atomic mass is 9.95. The van der Waals surface area contributed by atoms with E-state index < -0.39 is 0 Å². The van der Waals surface area contributed by atoms with E-state index in [1.165, 1.54) is 0 Å². The van der Waals surface area contributed by atoms with E-state index in [1.54, 1.807) is 19.1 Å². The van der Waals surface area contributed by atoms with Gasteiger partial charge in [0.1, 0.15) is 5.82 Å². The van der Waals surface area contributed by atoms with Gasteiger partial charge in [-0.05, 0) is 24.5 Å². The predicted molar refractivity (Wildman–Crippen MR) is 49.9 cm³/mol. The van der Waals surface area contributed by atoms with Crippen LogP contribution in [-0.4, -0.2) is 0 Å². The SMILES string of the molecule is Cc1ccc(C#N)c(C(C)C)c1F. The topological polar surface area (TPSA) is 23.8 Å². The molecule has 13 heavy (non-hydrogen) atoms. The standard InChI is InChI=1S/C11H12FN/c1-7(2)10-9(6-13)5-4-8(3)11(10)12/h4-5,7H,1-3H3. The van der Waals surface area contributed by atoms with Crippen molar-refractivity contribution in [3.05, 3.63) is 34.6 Å². The second-order valence-electron chi connectivity index (χ2n) is 3.42. The third kappa shape index (κ3) is 1.70. The molecule has 1 aromatic carbocycles. The second kappa shape index (κ2) is 3.57. The molecule has 0 aliphatic rings. The van der Waals surface area contributed by atoms with Crippen molar-refractivity contribution < 1.29 is 4.39 Å². The van der Waals surface area contributed by atoms with E-state index in [2.05, 4.69) is 0 Å². The Morgan fingerprint density at radius 1 is 1.38 bits per heavy atom. The Bertz CT molecular complexity index is 361. The van der Waals surface area contributed by atoms with Gasteiger partial charge in [-0.3, -0.25) is 0 Å². The average molecular weight is 177 g/mol. The second-order valence-corrected chi connectivity index (χ2v) is 3.42. The zero-order valence-corrected chi connectivity index (χ0v) is 8.06. The highest BCUT2D eigenvalue weighted by atomic mass is 19.1. The molecule has 2 heteroatoms. The summed E-state index contributed by atoms with van der Waals surface area (Å²) in [7, 11) is 0. The smallest absolute Gasteiger partial charge is 0.130 e. The number of aryl methyl sites for hydroxylation is 1. The Kier molecular flexibility index (Phi) is 2.67. The Morgan fingerprint density at radius 2 is 2.00 bits per heavy atom. The van der Waals surface area contributed by atoms with Gasteiger partial charge in [0.15, 0.2) is 0 Å². The molecule has 0 fully saturated rings. The van der Waals surface area contributed by atoms with Crippen LogP contribution in [0.25, 0.3) is 0 Å². The van der Waals surface area contributed by atoms with Crippen LogP contribution in [0.5, 0.6) is 0 Å². The molecule has 0 N–H and O–H groups in total. The van der Waals surface area contributed by atoms with Crippen molar-refractivity contribution >= 4 is 0 Å². The first kappa shape index (κ1) is 9.73. The van der Waals surface area contributed by atoms with Gasteiger partial charge in [0.2, 0.25) is 0 Å². The molecule has 0 atom stereocenters. The summed E-state index contributed by atoms with van der Waals surface area (Å²) in [6.45, 7) is 5.49. The third-order valence-corrected chi connectivity index (χ3v) is 2.07. The van der Waals surface area contributed by atoms with Crippen LogP contribution in [-0.2, 0) is 0 Å². The number of nitrogens with zero attached hydrogens (tertiary/aromatic N) is 1. The van der Waals surface area contributed by atoms with Crippen molar-refractivity contribution in [3.63, 3.8) is 0 Å². The van der Waals surface area contributed by atoms with Crippen molar-refractivity contribution in [1.29, 1.82) is 5.26 Å². The fourth-order valence-corrected chi connectivity index (χ4v) is 1.36. The molecule has 1 nitrogen and oxygen atoms in total. The molecule has 0 amide bonds. The molecular formula is C11H12FN. The summed E-state index contributed by atoms with van der Waals surface area (Å²) in [5.41, 5.74) is 1.57. The highest BCUT2D eigenvalue weighted by Crippen LogP contribution is 2.24. The van der Waals surface area contributed by atoms with Crippen LogP contribution in [0.3, 0.4) is 0 Å².